The van der Waals surface area contributed by atoms with Crippen molar-refractivity contribution in [2.45, 2.75) is 30.5 Å². The van der Waals surface area contributed by atoms with Crippen LogP contribution in [0.1, 0.15) is 36.1 Å². The zero-order valence-electron chi connectivity index (χ0n) is 9.50. The van der Waals surface area contributed by atoms with Gasteiger partial charge in [-0.3, -0.25) is 0 Å². The van der Waals surface area contributed by atoms with E-state index in [2.05, 4.69) is 15.9 Å². The van der Waals surface area contributed by atoms with Gasteiger partial charge in [-0.1, -0.05) is 28.8 Å². The summed E-state index contributed by atoms with van der Waals surface area (Å²) in [6, 6.07) is 3.74. The molecule has 0 aromatic heterocycles. The van der Waals surface area contributed by atoms with Crippen molar-refractivity contribution in [2.75, 3.05) is 0 Å². The van der Waals surface area contributed by atoms with Gasteiger partial charge < -0.3 is 0 Å². The van der Waals surface area contributed by atoms with Crippen LogP contribution < -0.4 is 0 Å². The summed E-state index contributed by atoms with van der Waals surface area (Å²) < 4.78 is 26.9. The number of hydrogen-bond acceptors (Lipinski definition) is 0. The second-order valence-electron chi connectivity index (χ2n) is 5.26. The minimum absolute atomic E-state index is 0.0219. The van der Waals surface area contributed by atoms with E-state index in [1.807, 2.05) is 0 Å². The van der Waals surface area contributed by atoms with E-state index >= 15 is 0 Å². The lowest BCUT2D eigenvalue weighted by molar-refractivity contribution is 0.480. The van der Waals surface area contributed by atoms with Crippen LogP contribution in [0.3, 0.4) is 0 Å². The molecule has 2 saturated carbocycles. The van der Waals surface area contributed by atoms with Crippen molar-refractivity contribution in [3.63, 3.8) is 0 Å². The first-order chi connectivity index (χ1) is 8.18. The summed E-state index contributed by atoms with van der Waals surface area (Å²) in [7, 11) is 0. The lowest BCUT2D eigenvalue weighted by Crippen LogP contribution is -1.99. The van der Waals surface area contributed by atoms with Crippen LogP contribution in [0.5, 0.6) is 0 Å². The highest BCUT2D eigenvalue weighted by molar-refractivity contribution is 9.09. The zero-order valence-corrected chi connectivity index (χ0v) is 11.1. The van der Waals surface area contributed by atoms with E-state index in [9.17, 15) is 8.78 Å². The third kappa shape index (κ3) is 2.03. The Hall–Kier alpha value is -0.440. The van der Waals surface area contributed by atoms with Crippen LogP contribution in [0, 0.1) is 29.4 Å². The predicted octanol–water partition coefficient (Wildman–Crippen LogP) is 4.84. The minimum Gasteiger partial charge on any atom is -0.207 e. The predicted molar refractivity (Wildman–Crippen MR) is 67.0 cm³/mol. The van der Waals surface area contributed by atoms with E-state index in [-0.39, 0.29) is 16.5 Å². The maximum absolute atomic E-state index is 13.7. The summed E-state index contributed by atoms with van der Waals surface area (Å²) >= 11 is 3.58. The summed E-state index contributed by atoms with van der Waals surface area (Å²) in [5, 5.41) is 0. The second kappa shape index (κ2) is 4.34. The van der Waals surface area contributed by atoms with Gasteiger partial charge in [0, 0.05) is 10.4 Å². The molecule has 92 valence electrons. The van der Waals surface area contributed by atoms with Crippen LogP contribution in [-0.4, -0.2) is 0 Å². The van der Waals surface area contributed by atoms with Gasteiger partial charge in [0.05, 0.1) is 0 Å². The normalized spacial score (nSPS) is 33.0. The molecule has 1 aromatic rings. The quantitative estimate of drug-likeness (QED) is 0.686. The van der Waals surface area contributed by atoms with E-state index in [1.54, 1.807) is 0 Å². The second-order valence-corrected chi connectivity index (χ2v) is 6.24. The molecule has 2 aliphatic carbocycles. The molecule has 0 spiro atoms. The molecule has 0 radical (unpaired) electrons. The lowest BCUT2D eigenvalue weighted by Gasteiger charge is -2.11. The summed E-state index contributed by atoms with van der Waals surface area (Å²) in [6.07, 6.45) is 5.11. The molecule has 3 atom stereocenters. The van der Waals surface area contributed by atoms with E-state index < -0.39 is 0 Å². The number of rotatable bonds is 2. The van der Waals surface area contributed by atoms with Gasteiger partial charge in [0.25, 0.3) is 0 Å². The number of benzene rings is 1. The van der Waals surface area contributed by atoms with Gasteiger partial charge in [-0.25, -0.2) is 8.78 Å². The molecule has 0 aliphatic heterocycles. The lowest BCUT2D eigenvalue weighted by atomic mass is 10.0. The zero-order chi connectivity index (χ0) is 12.0. The van der Waals surface area contributed by atoms with Crippen molar-refractivity contribution in [3.8, 4) is 0 Å². The van der Waals surface area contributed by atoms with Gasteiger partial charge in [0.15, 0.2) is 0 Å². The van der Waals surface area contributed by atoms with Crippen LogP contribution in [0.4, 0.5) is 8.78 Å². The number of halogens is 3. The summed E-state index contributed by atoms with van der Waals surface area (Å²) in [5.74, 6) is 1.33. The molecule has 1 aromatic carbocycles. The van der Waals surface area contributed by atoms with Gasteiger partial charge in [0.1, 0.15) is 11.6 Å². The Morgan fingerprint density at radius 3 is 2.41 bits per heavy atom. The average molecular weight is 301 g/mol. The highest BCUT2D eigenvalue weighted by Crippen LogP contribution is 2.62. The molecular formula is C14H15BrF2. The van der Waals surface area contributed by atoms with Gasteiger partial charge in [0.2, 0.25) is 0 Å². The SMILES string of the molecule is Fc1ccc(F)c(C(Br)C2C3CCCCC32)c1. The van der Waals surface area contributed by atoms with Crippen LogP contribution in [-0.2, 0) is 0 Å². The molecule has 0 nitrogen and oxygen atoms in total. The highest BCUT2D eigenvalue weighted by Gasteiger charge is 2.54. The molecule has 3 heteroatoms. The number of fused-ring (bicyclic) bond motifs is 1. The van der Waals surface area contributed by atoms with Gasteiger partial charge in [-0.05, 0) is 48.8 Å². The van der Waals surface area contributed by atoms with E-state index in [0.717, 1.165) is 11.8 Å². The van der Waals surface area contributed by atoms with Crippen LogP contribution in [0.25, 0.3) is 0 Å². The highest BCUT2D eigenvalue weighted by atomic mass is 79.9. The Bertz CT molecular complexity index is 420. The van der Waals surface area contributed by atoms with E-state index in [4.69, 9.17) is 0 Å². The van der Waals surface area contributed by atoms with Crippen LogP contribution >= 0.6 is 15.9 Å². The van der Waals surface area contributed by atoms with E-state index in [1.165, 1.54) is 43.9 Å². The van der Waals surface area contributed by atoms with E-state index in [0.29, 0.717) is 11.5 Å². The molecule has 2 aliphatic rings. The Morgan fingerprint density at radius 2 is 1.76 bits per heavy atom. The van der Waals surface area contributed by atoms with Crippen LogP contribution in [0.2, 0.25) is 0 Å². The van der Waals surface area contributed by atoms with Crippen molar-refractivity contribution in [2.24, 2.45) is 17.8 Å². The Kier molecular flexibility index (Phi) is 2.97. The van der Waals surface area contributed by atoms with Crippen molar-refractivity contribution in [1.82, 2.24) is 0 Å². The molecular weight excluding hydrogens is 286 g/mol. The maximum atomic E-state index is 13.7. The Labute approximate surface area is 109 Å². The molecule has 2 fully saturated rings. The monoisotopic (exact) mass is 300 g/mol. The first kappa shape index (κ1) is 11.6. The smallest absolute Gasteiger partial charge is 0.127 e. The van der Waals surface area contributed by atoms with Crippen molar-refractivity contribution >= 4 is 15.9 Å². The van der Waals surface area contributed by atoms with Crippen LogP contribution in [0.15, 0.2) is 18.2 Å². The van der Waals surface area contributed by atoms with Crippen molar-refractivity contribution in [3.05, 3.63) is 35.4 Å². The molecule has 3 unspecified atom stereocenters. The fourth-order valence-corrected chi connectivity index (χ4v) is 4.55. The van der Waals surface area contributed by atoms with Gasteiger partial charge in [-0.2, -0.15) is 0 Å². The molecule has 0 saturated heterocycles. The molecule has 0 heterocycles. The molecule has 0 N–H and O–H groups in total. The Morgan fingerprint density at radius 1 is 1.12 bits per heavy atom. The van der Waals surface area contributed by atoms with Gasteiger partial charge >= 0.3 is 0 Å². The topological polar surface area (TPSA) is 0 Å². The molecule has 3 rings (SSSR count). The van der Waals surface area contributed by atoms with Crippen molar-refractivity contribution in [1.29, 1.82) is 0 Å². The third-order valence-electron chi connectivity index (χ3n) is 4.32. The first-order valence-corrected chi connectivity index (χ1v) is 7.19. The Balaban J connectivity index is 1.82. The molecule has 0 bridgehead atoms. The molecule has 17 heavy (non-hydrogen) atoms. The fraction of sp³-hybridized carbons (Fsp3) is 0.571. The maximum Gasteiger partial charge on any atom is 0.127 e. The fourth-order valence-electron chi connectivity index (χ4n) is 3.42. The summed E-state index contributed by atoms with van der Waals surface area (Å²) in [4.78, 5) is -0.0219. The van der Waals surface area contributed by atoms with Crippen molar-refractivity contribution < 1.29 is 8.78 Å². The standard InChI is InChI=1S/C14H15BrF2/c15-14(11-7-8(16)5-6-12(11)17)13-9-3-1-2-4-10(9)13/h5-7,9-10,13-14H,1-4H2. The first-order valence-electron chi connectivity index (χ1n) is 6.27. The number of hydrogen-bond donors (Lipinski definition) is 0. The minimum atomic E-state index is -0.352. The average Bonchev–Trinajstić information content (AvgIpc) is 3.05. The summed E-state index contributed by atoms with van der Waals surface area (Å²) in [6.45, 7) is 0. The van der Waals surface area contributed by atoms with Gasteiger partial charge in [-0.15, -0.1) is 0 Å². The third-order valence-corrected chi connectivity index (χ3v) is 5.42. The largest absolute Gasteiger partial charge is 0.207 e. The molecule has 0 amide bonds. The summed E-state index contributed by atoms with van der Waals surface area (Å²) in [5.41, 5.74) is 0.490. The number of alkyl halides is 1.